The number of alkyl halides is 3. The molecule has 42 heavy (non-hydrogen) atoms. The van der Waals surface area contributed by atoms with Crippen LogP contribution in [0.2, 0.25) is 0 Å². The van der Waals surface area contributed by atoms with E-state index in [1.54, 1.807) is 29.0 Å². The zero-order valence-corrected chi connectivity index (χ0v) is 22.3. The van der Waals surface area contributed by atoms with Crippen molar-refractivity contribution in [3.8, 4) is 11.1 Å². The smallest absolute Gasteiger partial charge is 0.416 e. The maximum Gasteiger partial charge on any atom is 0.416 e. The van der Waals surface area contributed by atoms with E-state index in [2.05, 4.69) is 5.32 Å². The minimum atomic E-state index is -4.45. The Hall–Kier alpha value is -4.21. The van der Waals surface area contributed by atoms with Crippen molar-refractivity contribution < 1.29 is 36.6 Å². The molecular weight excluding hydrogens is 555 g/mol. The molecule has 1 spiro atoms. The second kappa shape index (κ2) is 10.3. The molecule has 0 radical (unpaired) electrons. The lowest BCUT2D eigenvalue weighted by atomic mass is 9.49. The lowest BCUT2D eigenvalue weighted by molar-refractivity contribution is -0.142. The van der Waals surface area contributed by atoms with Crippen molar-refractivity contribution in [1.29, 1.82) is 0 Å². The van der Waals surface area contributed by atoms with Crippen molar-refractivity contribution in [2.24, 2.45) is 11.3 Å². The number of amides is 1. The molecule has 2 fully saturated rings. The molecule has 1 aromatic heterocycles. The van der Waals surface area contributed by atoms with E-state index in [0.29, 0.717) is 22.0 Å². The summed E-state index contributed by atoms with van der Waals surface area (Å²) in [6, 6.07) is 12.9. The van der Waals surface area contributed by atoms with Gasteiger partial charge in [-0.2, -0.15) is 13.2 Å². The largest absolute Gasteiger partial charge is 0.481 e. The third-order valence-corrected chi connectivity index (χ3v) is 8.54. The predicted octanol–water partition coefficient (Wildman–Crippen LogP) is 7.42. The first-order valence-electron chi connectivity index (χ1n) is 13.7. The van der Waals surface area contributed by atoms with E-state index in [4.69, 9.17) is 5.11 Å². The molecule has 2 saturated carbocycles. The highest BCUT2D eigenvalue weighted by atomic mass is 19.4. The number of rotatable bonds is 7. The van der Waals surface area contributed by atoms with Gasteiger partial charge in [0.25, 0.3) is 5.91 Å². The first-order chi connectivity index (χ1) is 19.9. The summed E-state index contributed by atoms with van der Waals surface area (Å²) in [5, 5.41) is 12.7. The number of aliphatic carboxylic acids is 1. The van der Waals surface area contributed by atoms with Crippen molar-refractivity contribution in [3.05, 3.63) is 95.2 Å². The zero-order chi connectivity index (χ0) is 29.8. The first-order valence-corrected chi connectivity index (χ1v) is 13.7. The molecule has 0 saturated heterocycles. The van der Waals surface area contributed by atoms with Crippen molar-refractivity contribution in [2.75, 3.05) is 0 Å². The summed E-state index contributed by atoms with van der Waals surface area (Å²) < 4.78 is 69.0. The van der Waals surface area contributed by atoms with Crippen LogP contribution in [0.15, 0.2) is 66.9 Å². The predicted molar refractivity (Wildman–Crippen MR) is 146 cm³/mol. The summed E-state index contributed by atoms with van der Waals surface area (Å²) >= 11 is 0. The summed E-state index contributed by atoms with van der Waals surface area (Å²) in [6.45, 7) is 0.202. The molecule has 2 aliphatic carbocycles. The molecule has 2 aliphatic rings. The molecule has 0 bridgehead atoms. The van der Waals surface area contributed by atoms with Crippen molar-refractivity contribution in [2.45, 2.75) is 50.9 Å². The van der Waals surface area contributed by atoms with Gasteiger partial charge in [-0.05, 0) is 96.2 Å². The van der Waals surface area contributed by atoms with Crippen molar-refractivity contribution in [3.63, 3.8) is 0 Å². The zero-order valence-electron chi connectivity index (χ0n) is 22.3. The summed E-state index contributed by atoms with van der Waals surface area (Å²) in [5.74, 6) is -2.52. The quantitative estimate of drug-likeness (QED) is 0.223. The highest BCUT2D eigenvalue weighted by Crippen LogP contribution is 2.59. The van der Waals surface area contributed by atoms with Gasteiger partial charge in [-0.3, -0.25) is 9.59 Å². The summed E-state index contributed by atoms with van der Waals surface area (Å²) in [4.78, 5) is 24.7. The van der Waals surface area contributed by atoms with Crippen LogP contribution in [0.25, 0.3) is 22.0 Å². The monoisotopic (exact) mass is 582 g/mol. The summed E-state index contributed by atoms with van der Waals surface area (Å²) in [7, 11) is 0. The fourth-order valence-corrected chi connectivity index (χ4v) is 6.78. The number of halogens is 5. The number of nitrogens with one attached hydrogen (secondary N) is 1. The first kappa shape index (κ1) is 27.9. The fourth-order valence-electron chi connectivity index (χ4n) is 6.78. The topological polar surface area (TPSA) is 71.3 Å². The van der Waals surface area contributed by atoms with Crippen LogP contribution >= 0.6 is 0 Å². The van der Waals surface area contributed by atoms with Crippen LogP contribution < -0.4 is 5.32 Å². The Bertz CT molecular complexity index is 1660. The Kier molecular flexibility index (Phi) is 6.82. The second-order valence-electron chi connectivity index (χ2n) is 11.7. The van der Waals surface area contributed by atoms with Crippen LogP contribution in [0.1, 0.15) is 53.6 Å². The van der Waals surface area contributed by atoms with Gasteiger partial charge in [-0.25, -0.2) is 8.78 Å². The standard InChI is InChI=1S/C32H27F5N2O3/c33-24-9-22(10-25(34)12-24)21-8-20-5-6-39(17-18-1-3-23(4-2-18)32(35,36)37)29(20)27(11-21)30(42)38-26-15-31(16-26)13-19(14-31)7-28(40)41/h1-6,8-12,19,26H,7,13-17H2,(H,38,42)(H,40,41). The van der Waals surface area contributed by atoms with Crippen LogP contribution in [0.4, 0.5) is 22.0 Å². The second-order valence-corrected chi connectivity index (χ2v) is 11.7. The number of fused-ring (bicyclic) bond motifs is 1. The number of nitrogens with zero attached hydrogens (tertiary/aromatic N) is 1. The van der Waals surface area contributed by atoms with E-state index in [9.17, 15) is 31.5 Å². The highest BCUT2D eigenvalue weighted by Gasteiger charge is 2.53. The number of aromatic nitrogens is 1. The average molecular weight is 583 g/mol. The molecule has 0 unspecified atom stereocenters. The number of hydrogen-bond acceptors (Lipinski definition) is 2. The normalized spacial score (nSPS) is 21.6. The Labute approximate surface area is 238 Å². The maximum absolute atomic E-state index is 14.0. The third kappa shape index (κ3) is 5.49. The third-order valence-electron chi connectivity index (χ3n) is 8.54. The lowest BCUT2D eigenvalue weighted by Crippen LogP contribution is -2.56. The molecule has 5 nitrogen and oxygen atoms in total. The molecule has 0 atom stereocenters. The van der Waals surface area contributed by atoms with Gasteiger partial charge in [0.15, 0.2) is 0 Å². The number of hydrogen-bond donors (Lipinski definition) is 2. The minimum Gasteiger partial charge on any atom is -0.481 e. The van der Waals surface area contributed by atoms with Crippen molar-refractivity contribution >= 4 is 22.8 Å². The van der Waals surface area contributed by atoms with Crippen LogP contribution in [0, 0.1) is 23.0 Å². The van der Waals surface area contributed by atoms with Gasteiger partial charge in [0.1, 0.15) is 11.6 Å². The van der Waals surface area contributed by atoms with Gasteiger partial charge in [0.2, 0.25) is 0 Å². The van der Waals surface area contributed by atoms with E-state index < -0.39 is 29.3 Å². The molecule has 0 aliphatic heterocycles. The van der Waals surface area contributed by atoms with Gasteiger partial charge in [0, 0.05) is 36.7 Å². The van der Waals surface area contributed by atoms with Gasteiger partial charge in [-0.15, -0.1) is 0 Å². The fraction of sp³-hybridized carbons (Fsp3) is 0.312. The highest BCUT2D eigenvalue weighted by molar-refractivity contribution is 6.08. The average Bonchev–Trinajstić information content (AvgIpc) is 3.27. The van der Waals surface area contributed by atoms with Gasteiger partial charge in [-0.1, -0.05) is 12.1 Å². The van der Waals surface area contributed by atoms with Gasteiger partial charge in [0.05, 0.1) is 16.6 Å². The Morgan fingerprint density at radius 1 is 0.905 bits per heavy atom. The van der Waals surface area contributed by atoms with E-state index in [0.717, 1.165) is 43.9 Å². The Morgan fingerprint density at radius 3 is 2.17 bits per heavy atom. The van der Waals surface area contributed by atoms with Crippen LogP contribution in [0.5, 0.6) is 0 Å². The number of carbonyl (C=O) groups excluding carboxylic acids is 1. The van der Waals surface area contributed by atoms with E-state index >= 15 is 0 Å². The molecule has 1 amide bonds. The molecule has 2 N–H and O–H groups in total. The van der Waals surface area contributed by atoms with E-state index in [1.807, 2.05) is 0 Å². The number of carboxylic acids is 1. The van der Waals surface area contributed by atoms with Gasteiger partial charge >= 0.3 is 12.1 Å². The minimum absolute atomic E-state index is 0.0666. The van der Waals surface area contributed by atoms with Crippen molar-refractivity contribution in [1.82, 2.24) is 9.88 Å². The number of carbonyl (C=O) groups is 2. The van der Waals surface area contributed by atoms with Crippen LogP contribution in [-0.2, 0) is 17.5 Å². The number of benzene rings is 3. The SMILES string of the molecule is O=C(O)CC1CC2(C1)CC(NC(=O)c1cc(-c3cc(F)cc(F)c3)cc3ccn(Cc4ccc(C(F)(F)F)cc4)c13)C2. The van der Waals surface area contributed by atoms with Crippen LogP contribution in [0.3, 0.4) is 0 Å². The molecular formula is C32H27F5N2O3. The van der Waals surface area contributed by atoms with Crippen LogP contribution in [-0.4, -0.2) is 27.6 Å². The van der Waals surface area contributed by atoms with E-state index in [-0.39, 0.29) is 47.4 Å². The molecule has 3 aromatic carbocycles. The molecule has 218 valence electrons. The van der Waals surface area contributed by atoms with Gasteiger partial charge < -0.3 is 15.0 Å². The molecule has 10 heteroatoms. The molecule has 1 heterocycles. The summed E-state index contributed by atoms with van der Waals surface area (Å²) in [5.41, 5.74) is 1.45. The maximum atomic E-state index is 14.0. The number of carboxylic acid groups (broad SMARTS) is 1. The Morgan fingerprint density at radius 2 is 1.55 bits per heavy atom. The van der Waals surface area contributed by atoms with E-state index in [1.165, 1.54) is 24.3 Å². The molecule has 4 aromatic rings. The lowest BCUT2D eigenvalue weighted by Gasteiger charge is -2.57. The summed E-state index contributed by atoms with van der Waals surface area (Å²) in [6.07, 6.45) is 0.579. The Balaban J connectivity index is 1.29. The molecule has 6 rings (SSSR count).